The molecule has 162 valence electrons. The second kappa shape index (κ2) is 9.75. The third kappa shape index (κ3) is 5.40. The Morgan fingerprint density at radius 3 is 2.77 bits per heavy atom. The van der Waals surface area contributed by atoms with E-state index in [1.54, 1.807) is 6.07 Å². The molecule has 1 aliphatic rings. The van der Waals surface area contributed by atoms with Crippen molar-refractivity contribution in [3.05, 3.63) is 63.9 Å². The molecule has 31 heavy (non-hydrogen) atoms. The van der Waals surface area contributed by atoms with Gasteiger partial charge < -0.3 is 14.6 Å². The average Bonchev–Trinajstić information content (AvgIpc) is 3.12. The van der Waals surface area contributed by atoms with Crippen LogP contribution in [-0.2, 0) is 31.3 Å². The van der Waals surface area contributed by atoms with Crippen LogP contribution in [-0.4, -0.2) is 26.4 Å². The molecule has 1 heterocycles. The predicted molar refractivity (Wildman–Crippen MR) is 124 cm³/mol. The summed E-state index contributed by atoms with van der Waals surface area (Å²) in [5, 5.41) is 12.6. The van der Waals surface area contributed by atoms with Crippen LogP contribution in [0.5, 0.6) is 5.75 Å². The quantitative estimate of drug-likeness (QED) is 0.508. The van der Waals surface area contributed by atoms with Crippen LogP contribution in [0.3, 0.4) is 0 Å². The molecule has 0 unspecified atom stereocenters. The first-order valence-corrected chi connectivity index (χ1v) is 11.7. The monoisotopic (exact) mass is 456 g/mol. The first-order chi connectivity index (χ1) is 15.0. The molecule has 0 spiro atoms. The van der Waals surface area contributed by atoms with Crippen molar-refractivity contribution >= 4 is 35.0 Å². The Morgan fingerprint density at radius 2 is 1.97 bits per heavy atom. The van der Waals surface area contributed by atoms with Crippen molar-refractivity contribution in [1.29, 1.82) is 0 Å². The summed E-state index contributed by atoms with van der Waals surface area (Å²) in [5.74, 6) is 1.67. The van der Waals surface area contributed by atoms with Gasteiger partial charge in [-0.15, -0.1) is 10.2 Å². The van der Waals surface area contributed by atoms with Crippen LogP contribution in [0.2, 0.25) is 5.02 Å². The van der Waals surface area contributed by atoms with Gasteiger partial charge in [-0.25, -0.2) is 0 Å². The van der Waals surface area contributed by atoms with Crippen molar-refractivity contribution < 1.29 is 9.53 Å². The number of fused-ring (bicyclic) bond motifs is 1. The minimum absolute atomic E-state index is 0.125. The number of amides is 1. The van der Waals surface area contributed by atoms with E-state index < -0.39 is 0 Å². The van der Waals surface area contributed by atoms with Gasteiger partial charge in [-0.2, -0.15) is 0 Å². The standard InChI is InChI=1S/C23H25ClN4O2S/c1-15-7-9-18(12-20(15)24)25-22(29)14-31-23-27-26-21(28(23)2)13-30-19-10-8-16-5-3-4-6-17(16)11-19/h7-12H,3-6,13-14H2,1-2H3,(H,25,29). The largest absolute Gasteiger partial charge is 0.486 e. The number of aromatic nitrogens is 3. The number of aryl methyl sites for hydroxylation is 3. The summed E-state index contributed by atoms with van der Waals surface area (Å²) in [6.45, 7) is 2.25. The van der Waals surface area contributed by atoms with Crippen molar-refractivity contribution in [1.82, 2.24) is 14.8 Å². The zero-order chi connectivity index (χ0) is 21.8. The first-order valence-electron chi connectivity index (χ1n) is 10.3. The van der Waals surface area contributed by atoms with Gasteiger partial charge in [-0.1, -0.05) is 35.5 Å². The van der Waals surface area contributed by atoms with E-state index in [1.165, 1.54) is 35.7 Å². The van der Waals surface area contributed by atoms with Gasteiger partial charge in [0.25, 0.3) is 0 Å². The van der Waals surface area contributed by atoms with Gasteiger partial charge in [0.1, 0.15) is 12.4 Å². The van der Waals surface area contributed by atoms with Crippen LogP contribution in [0.4, 0.5) is 5.69 Å². The maximum absolute atomic E-state index is 12.3. The number of rotatable bonds is 7. The topological polar surface area (TPSA) is 69.0 Å². The van der Waals surface area contributed by atoms with Gasteiger partial charge in [-0.05, 0) is 73.6 Å². The lowest BCUT2D eigenvalue weighted by Crippen LogP contribution is -2.14. The van der Waals surface area contributed by atoms with E-state index in [9.17, 15) is 4.79 Å². The Morgan fingerprint density at radius 1 is 1.16 bits per heavy atom. The number of benzene rings is 2. The summed E-state index contributed by atoms with van der Waals surface area (Å²) in [6.07, 6.45) is 4.78. The molecule has 4 rings (SSSR count). The third-order valence-corrected chi connectivity index (χ3v) is 6.83. The van der Waals surface area contributed by atoms with Gasteiger partial charge in [0.2, 0.25) is 5.91 Å². The highest BCUT2D eigenvalue weighted by atomic mass is 35.5. The summed E-state index contributed by atoms with van der Waals surface area (Å²) >= 11 is 7.44. The summed E-state index contributed by atoms with van der Waals surface area (Å²) in [6, 6.07) is 11.8. The molecule has 3 aromatic rings. The zero-order valence-electron chi connectivity index (χ0n) is 17.7. The fourth-order valence-electron chi connectivity index (χ4n) is 3.54. The number of nitrogens with one attached hydrogen (secondary N) is 1. The van der Waals surface area contributed by atoms with Gasteiger partial charge in [0.15, 0.2) is 11.0 Å². The number of nitrogens with zero attached hydrogens (tertiary/aromatic N) is 3. The number of hydrogen-bond donors (Lipinski definition) is 1. The Bertz CT molecular complexity index is 1100. The van der Waals surface area contributed by atoms with Crippen molar-refractivity contribution in [3.63, 3.8) is 0 Å². The summed E-state index contributed by atoms with van der Waals surface area (Å²) in [5.41, 5.74) is 4.47. The van der Waals surface area contributed by atoms with Crippen molar-refractivity contribution in [2.45, 2.75) is 44.4 Å². The molecule has 1 aromatic heterocycles. The second-order valence-corrected chi connectivity index (χ2v) is 9.03. The van der Waals surface area contributed by atoms with E-state index in [4.69, 9.17) is 16.3 Å². The molecule has 0 aliphatic heterocycles. The average molecular weight is 457 g/mol. The molecule has 8 heteroatoms. The van der Waals surface area contributed by atoms with Crippen LogP contribution in [0.15, 0.2) is 41.6 Å². The van der Waals surface area contributed by atoms with Crippen LogP contribution >= 0.6 is 23.4 Å². The lowest BCUT2D eigenvalue weighted by molar-refractivity contribution is -0.113. The number of anilines is 1. The minimum Gasteiger partial charge on any atom is -0.486 e. The second-order valence-electron chi connectivity index (χ2n) is 7.68. The lowest BCUT2D eigenvalue weighted by Gasteiger charge is -2.16. The van der Waals surface area contributed by atoms with Gasteiger partial charge in [0, 0.05) is 17.8 Å². The van der Waals surface area contributed by atoms with Crippen LogP contribution in [0.1, 0.15) is 35.4 Å². The van der Waals surface area contributed by atoms with Crippen molar-refractivity contribution in [2.75, 3.05) is 11.1 Å². The summed E-state index contributed by atoms with van der Waals surface area (Å²) < 4.78 is 7.81. The van der Waals surface area contributed by atoms with E-state index in [-0.39, 0.29) is 11.7 Å². The fourth-order valence-corrected chi connectivity index (χ4v) is 4.45. The minimum atomic E-state index is -0.125. The van der Waals surface area contributed by atoms with E-state index in [0.717, 1.165) is 24.2 Å². The Hall–Kier alpha value is -2.51. The number of carbonyl (C=O) groups excluding carboxylic acids is 1. The Kier molecular flexibility index (Phi) is 6.83. The molecular formula is C23H25ClN4O2S. The van der Waals surface area contributed by atoms with Crippen molar-refractivity contribution in [3.8, 4) is 5.75 Å². The molecule has 1 N–H and O–H groups in total. The highest BCUT2D eigenvalue weighted by molar-refractivity contribution is 7.99. The van der Waals surface area contributed by atoms with E-state index >= 15 is 0 Å². The molecule has 1 aliphatic carbocycles. The molecule has 0 fully saturated rings. The van der Waals surface area contributed by atoms with E-state index in [1.807, 2.05) is 36.7 Å². The van der Waals surface area contributed by atoms with Crippen LogP contribution in [0.25, 0.3) is 0 Å². The maximum Gasteiger partial charge on any atom is 0.234 e. The number of halogens is 1. The molecule has 0 atom stereocenters. The molecule has 0 radical (unpaired) electrons. The van der Waals surface area contributed by atoms with Crippen molar-refractivity contribution in [2.24, 2.45) is 7.05 Å². The molecule has 0 bridgehead atoms. The van der Waals surface area contributed by atoms with Gasteiger partial charge >= 0.3 is 0 Å². The number of thioether (sulfide) groups is 1. The molecule has 0 saturated heterocycles. The smallest absolute Gasteiger partial charge is 0.234 e. The van der Waals surface area contributed by atoms with Crippen LogP contribution < -0.4 is 10.1 Å². The molecule has 1 amide bonds. The fraction of sp³-hybridized carbons (Fsp3) is 0.348. The molecule has 6 nitrogen and oxygen atoms in total. The highest BCUT2D eigenvalue weighted by Gasteiger charge is 2.14. The predicted octanol–water partition coefficient (Wildman–Crippen LogP) is 4.97. The Labute approximate surface area is 191 Å². The number of ether oxygens (including phenoxy) is 1. The summed E-state index contributed by atoms with van der Waals surface area (Å²) in [7, 11) is 1.88. The van der Waals surface area contributed by atoms with Gasteiger partial charge in [-0.3, -0.25) is 4.79 Å². The molecule has 2 aromatic carbocycles. The van der Waals surface area contributed by atoms with E-state index in [0.29, 0.717) is 28.3 Å². The summed E-state index contributed by atoms with van der Waals surface area (Å²) in [4.78, 5) is 12.3. The highest BCUT2D eigenvalue weighted by Crippen LogP contribution is 2.26. The van der Waals surface area contributed by atoms with Crippen LogP contribution in [0, 0.1) is 6.92 Å². The lowest BCUT2D eigenvalue weighted by atomic mass is 9.92. The molecule has 0 saturated carbocycles. The first kappa shape index (κ1) is 21.7. The van der Waals surface area contributed by atoms with Gasteiger partial charge in [0.05, 0.1) is 5.75 Å². The zero-order valence-corrected chi connectivity index (χ0v) is 19.2. The number of carbonyl (C=O) groups is 1. The molecular weight excluding hydrogens is 432 g/mol. The maximum atomic E-state index is 12.3. The third-order valence-electron chi connectivity index (χ3n) is 5.40. The Balaban J connectivity index is 1.30. The van der Waals surface area contributed by atoms with E-state index in [2.05, 4.69) is 27.6 Å². The number of hydrogen-bond acceptors (Lipinski definition) is 5. The normalized spacial score (nSPS) is 13.0. The SMILES string of the molecule is Cc1ccc(NC(=O)CSc2nnc(COc3ccc4c(c3)CCCC4)n2C)cc1Cl.